The van der Waals surface area contributed by atoms with Crippen molar-refractivity contribution in [2.24, 2.45) is 11.8 Å². The van der Waals surface area contributed by atoms with Crippen LogP contribution < -0.4 is 0 Å². The van der Waals surface area contributed by atoms with Gasteiger partial charge in [0, 0.05) is 38.3 Å². The van der Waals surface area contributed by atoms with Crippen LogP contribution in [0.4, 0.5) is 0 Å². The summed E-state index contributed by atoms with van der Waals surface area (Å²) in [5.41, 5.74) is 0.187. The number of nitrogens with zero attached hydrogens (tertiary/aromatic N) is 4. The van der Waals surface area contributed by atoms with Crippen molar-refractivity contribution in [2.75, 3.05) is 26.2 Å². The number of rotatable bonds is 5. The fourth-order valence-corrected chi connectivity index (χ4v) is 4.12. The molecule has 0 spiro atoms. The molecule has 2 fully saturated rings. The predicted octanol–water partition coefficient (Wildman–Crippen LogP) is 2.03. The number of likely N-dealkylation sites (tertiary alicyclic amines) is 2. The van der Waals surface area contributed by atoms with E-state index in [1.165, 1.54) is 6.20 Å². The monoisotopic (exact) mass is 390 g/mol. The first-order valence-corrected chi connectivity index (χ1v) is 10.3. The number of carboxylic acids is 1. The van der Waals surface area contributed by atoms with E-state index in [2.05, 4.69) is 5.10 Å². The summed E-state index contributed by atoms with van der Waals surface area (Å²) in [5.74, 6) is -0.776. The minimum Gasteiger partial charge on any atom is -0.478 e. The van der Waals surface area contributed by atoms with Crippen LogP contribution in [0, 0.1) is 11.8 Å². The number of hydrogen-bond donors (Lipinski definition) is 1. The molecule has 28 heavy (non-hydrogen) atoms. The summed E-state index contributed by atoms with van der Waals surface area (Å²) in [4.78, 5) is 40.2. The number of hydrogen-bond acceptors (Lipinski definition) is 4. The van der Waals surface area contributed by atoms with Gasteiger partial charge in [0.05, 0.1) is 23.7 Å². The van der Waals surface area contributed by atoms with Gasteiger partial charge in [-0.2, -0.15) is 5.10 Å². The van der Waals surface area contributed by atoms with Crippen molar-refractivity contribution < 1.29 is 19.5 Å². The van der Waals surface area contributed by atoms with Crippen molar-refractivity contribution in [1.29, 1.82) is 0 Å². The van der Waals surface area contributed by atoms with Gasteiger partial charge >= 0.3 is 5.97 Å². The van der Waals surface area contributed by atoms with Gasteiger partial charge in [-0.15, -0.1) is 0 Å². The highest BCUT2D eigenvalue weighted by molar-refractivity contribution is 5.86. The fraction of sp³-hybridized carbons (Fsp3) is 0.700. The molecular formula is C20H30N4O4. The molecule has 0 saturated carbocycles. The molecule has 1 aromatic rings. The molecular weight excluding hydrogens is 360 g/mol. The maximum absolute atomic E-state index is 13.0. The van der Waals surface area contributed by atoms with Crippen LogP contribution in [0.25, 0.3) is 0 Å². The average molecular weight is 390 g/mol. The van der Waals surface area contributed by atoms with E-state index in [1.54, 1.807) is 10.9 Å². The fourth-order valence-electron chi connectivity index (χ4n) is 4.12. The van der Waals surface area contributed by atoms with E-state index in [9.17, 15) is 14.4 Å². The molecule has 8 nitrogen and oxygen atoms in total. The van der Waals surface area contributed by atoms with Crippen LogP contribution in [0.2, 0.25) is 0 Å². The van der Waals surface area contributed by atoms with Crippen molar-refractivity contribution in [1.82, 2.24) is 19.6 Å². The summed E-state index contributed by atoms with van der Waals surface area (Å²) in [7, 11) is 0. The van der Waals surface area contributed by atoms with Gasteiger partial charge in [-0.05, 0) is 32.1 Å². The maximum atomic E-state index is 13.0. The molecule has 3 rings (SSSR count). The van der Waals surface area contributed by atoms with E-state index in [4.69, 9.17) is 5.11 Å². The molecule has 2 amide bonds. The molecule has 0 aliphatic carbocycles. The number of carboxylic acid groups (broad SMARTS) is 1. The van der Waals surface area contributed by atoms with E-state index in [0.717, 1.165) is 38.6 Å². The summed E-state index contributed by atoms with van der Waals surface area (Å²) >= 11 is 0. The van der Waals surface area contributed by atoms with Crippen LogP contribution in [0.15, 0.2) is 12.4 Å². The summed E-state index contributed by atoms with van der Waals surface area (Å²) in [6.45, 7) is 6.52. The Morgan fingerprint density at radius 1 is 1.18 bits per heavy atom. The summed E-state index contributed by atoms with van der Waals surface area (Å²) in [5, 5.41) is 13.2. The van der Waals surface area contributed by atoms with E-state index in [0.29, 0.717) is 19.6 Å². The second kappa shape index (κ2) is 8.75. The van der Waals surface area contributed by atoms with Crippen molar-refractivity contribution in [2.45, 2.75) is 52.0 Å². The Balaban J connectivity index is 1.54. The van der Waals surface area contributed by atoms with Crippen LogP contribution >= 0.6 is 0 Å². The molecule has 0 aromatic carbocycles. The Bertz CT molecular complexity index is 724. The van der Waals surface area contributed by atoms with E-state index >= 15 is 0 Å². The highest BCUT2D eigenvalue weighted by Crippen LogP contribution is 2.26. The van der Waals surface area contributed by atoms with Crippen molar-refractivity contribution in [3.63, 3.8) is 0 Å². The first-order valence-electron chi connectivity index (χ1n) is 10.3. The average Bonchev–Trinajstić information content (AvgIpc) is 3.23. The zero-order valence-electron chi connectivity index (χ0n) is 16.7. The first kappa shape index (κ1) is 20.4. The largest absolute Gasteiger partial charge is 0.478 e. The molecule has 2 saturated heterocycles. The molecule has 154 valence electrons. The predicted molar refractivity (Wildman–Crippen MR) is 103 cm³/mol. The lowest BCUT2D eigenvalue weighted by Gasteiger charge is -2.38. The van der Waals surface area contributed by atoms with Crippen LogP contribution in [0.5, 0.6) is 0 Å². The van der Waals surface area contributed by atoms with Crippen LogP contribution in [0.1, 0.15) is 62.4 Å². The number of carbonyl (C=O) groups is 3. The zero-order chi connectivity index (χ0) is 20.3. The third-order valence-corrected chi connectivity index (χ3v) is 6.11. The minimum atomic E-state index is -0.979. The van der Waals surface area contributed by atoms with E-state index in [-0.39, 0.29) is 35.3 Å². The molecule has 2 aliphatic heterocycles. The van der Waals surface area contributed by atoms with E-state index < -0.39 is 5.97 Å². The summed E-state index contributed by atoms with van der Waals surface area (Å²) in [6.07, 6.45) is 6.97. The van der Waals surface area contributed by atoms with Crippen molar-refractivity contribution in [3.05, 3.63) is 18.0 Å². The van der Waals surface area contributed by atoms with Gasteiger partial charge in [0.25, 0.3) is 0 Å². The normalized spacial score (nSPS) is 22.1. The van der Waals surface area contributed by atoms with Crippen LogP contribution in [-0.2, 0) is 9.59 Å². The molecule has 2 aliphatic rings. The summed E-state index contributed by atoms with van der Waals surface area (Å²) in [6, 6.07) is 0.118. The molecule has 2 atom stereocenters. The molecule has 2 unspecified atom stereocenters. The number of amides is 2. The van der Waals surface area contributed by atoms with Gasteiger partial charge in [-0.1, -0.05) is 13.8 Å². The van der Waals surface area contributed by atoms with Gasteiger partial charge < -0.3 is 14.9 Å². The van der Waals surface area contributed by atoms with Crippen LogP contribution in [0.3, 0.4) is 0 Å². The topological polar surface area (TPSA) is 95.7 Å². The third kappa shape index (κ3) is 4.36. The number of aromatic carboxylic acids is 1. The Labute approximate surface area is 165 Å². The minimum absolute atomic E-state index is 0.00867. The number of carbonyl (C=O) groups excluding carboxylic acids is 2. The first-order chi connectivity index (χ1) is 13.4. The summed E-state index contributed by atoms with van der Waals surface area (Å²) < 4.78 is 1.71. The highest BCUT2D eigenvalue weighted by Gasteiger charge is 2.34. The Hall–Kier alpha value is -2.38. The second-order valence-corrected chi connectivity index (χ2v) is 8.00. The van der Waals surface area contributed by atoms with Crippen molar-refractivity contribution in [3.8, 4) is 0 Å². The lowest BCUT2D eigenvalue weighted by Crippen LogP contribution is -2.49. The highest BCUT2D eigenvalue weighted by atomic mass is 16.4. The molecule has 1 N–H and O–H groups in total. The van der Waals surface area contributed by atoms with Gasteiger partial charge in [-0.25, -0.2) is 4.79 Å². The van der Waals surface area contributed by atoms with Gasteiger partial charge in [0.1, 0.15) is 0 Å². The smallest absolute Gasteiger partial charge is 0.338 e. The molecule has 3 heterocycles. The number of aromatic nitrogens is 2. The Morgan fingerprint density at radius 3 is 2.50 bits per heavy atom. The van der Waals surface area contributed by atoms with Crippen LogP contribution in [-0.4, -0.2) is 68.6 Å². The van der Waals surface area contributed by atoms with Gasteiger partial charge in [0.15, 0.2) is 0 Å². The molecule has 1 aromatic heterocycles. The van der Waals surface area contributed by atoms with Crippen molar-refractivity contribution >= 4 is 17.8 Å². The maximum Gasteiger partial charge on any atom is 0.338 e. The molecule has 0 bridgehead atoms. The molecule has 8 heteroatoms. The lowest BCUT2D eigenvalue weighted by molar-refractivity contribution is -0.143. The van der Waals surface area contributed by atoms with E-state index in [1.807, 2.05) is 23.6 Å². The number of piperidine rings is 2. The second-order valence-electron chi connectivity index (χ2n) is 8.00. The Morgan fingerprint density at radius 2 is 1.89 bits per heavy atom. The van der Waals surface area contributed by atoms with Gasteiger partial charge in [0.2, 0.25) is 11.8 Å². The quantitative estimate of drug-likeness (QED) is 0.830. The van der Waals surface area contributed by atoms with Gasteiger partial charge in [-0.3, -0.25) is 14.3 Å². The Kier molecular flexibility index (Phi) is 6.36. The lowest BCUT2D eigenvalue weighted by atomic mass is 9.93. The molecule has 0 radical (unpaired) electrons. The third-order valence-electron chi connectivity index (χ3n) is 6.11. The zero-order valence-corrected chi connectivity index (χ0v) is 16.7. The standard InChI is InChI=1S/C20H30N4O4/c1-3-14(2)18(25)23-8-4-5-15(12-23)19(26)22-9-6-17(7-10-22)24-13-16(11-21-24)20(27)28/h11,13-15,17H,3-10,12H2,1-2H3,(H,27,28). The SMILES string of the molecule is CCC(C)C(=O)N1CCCC(C(=O)N2CCC(n3cc(C(=O)O)cn3)CC2)C1.